The number of benzene rings is 1. The number of nitrogens with zero attached hydrogens (tertiary/aromatic N) is 1. The molecule has 2 rings (SSSR count). The fourth-order valence-corrected chi connectivity index (χ4v) is 2.40. The predicted octanol–water partition coefficient (Wildman–Crippen LogP) is 3.95. The summed E-state index contributed by atoms with van der Waals surface area (Å²) in [6, 6.07) is 7.73. The van der Waals surface area contributed by atoms with E-state index in [4.69, 9.17) is 0 Å². The van der Waals surface area contributed by atoms with E-state index in [1.807, 2.05) is 20.9 Å². The molecule has 0 fully saturated rings. The predicted molar refractivity (Wildman–Crippen MR) is 76.9 cm³/mol. The first-order valence-electron chi connectivity index (χ1n) is 6.78. The molecule has 0 radical (unpaired) electrons. The molecule has 0 bridgehead atoms. The number of aryl methyl sites for hydroxylation is 1. The summed E-state index contributed by atoms with van der Waals surface area (Å²) in [5.74, 6) is 0. The molecule has 114 valence electrons. The average molecular weight is 296 g/mol. The van der Waals surface area contributed by atoms with Crippen molar-refractivity contribution in [3.05, 3.63) is 58.4 Å². The molecule has 0 atom stereocenters. The van der Waals surface area contributed by atoms with E-state index < -0.39 is 11.7 Å². The van der Waals surface area contributed by atoms with Gasteiger partial charge in [0.15, 0.2) is 0 Å². The van der Waals surface area contributed by atoms with Gasteiger partial charge in [0.2, 0.25) is 0 Å². The minimum atomic E-state index is -4.31. The molecular weight excluding hydrogens is 277 g/mol. The highest BCUT2D eigenvalue weighted by molar-refractivity contribution is 5.30. The Morgan fingerprint density at radius 2 is 1.67 bits per heavy atom. The standard InChI is InChI=1S/C16H19F3N2/c1-11-8-14(12(2)21(11)3)10-20-9-13-6-4-5-7-15(13)16(17,18)19/h4-8,20H,9-10H2,1-3H3. The van der Waals surface area contributed by atoms with Gasteiger partial charge >= 0.3 is 6.18 Å². The van der Waals surface area contributed by atoms with Gasteiger partial charge in [-0.25, -0.2) is 0 Å². The summed E-state index contributed by atoms with van der Waals surface area (Å²) in [6.45, 7) is 4.77. The number of hydrogen-bond acceptors (Lipinski definition) is 1. The van der Waals surface area contributed by atoms with E-state index >= 15 is 0 Å². The summed E-state index contributed by atoms with van der Waals surface area (Å²) in [5, 5.41) is 3.10. The number of halogens is 3. The normalized spacial score (nSPS) is 11.9. The van der Waals surface area contributed by atoms with Gasteiger partial charge in [-0.05, 0) is 37.1 Å². The van der Waals surface area contributed by atoms with Crippen LogP contribution in [0.1, 0.15) is 28.1 Å². The van der Waals surface area contributed by atoms with Gasteiger partial charge in [0.1, 0.15) is 0 Å². The third-order valence-corrected chi connectivity index (χ3v) is 3.83. The van der Waals surface area contributed by atoms with Crippen molar-refractivity contribution < 1.29 is 13.2 Å². The Kier molecular flexibility index (Phi) is 4.42. The monoisotopic (exact) mass is 296 g/mol. The van der Waals surface area contributed by atoms with Crippen LogP contribution in [-0.2, 0) is 26.3 Å². The van der Waals surface area contributed by atoms with Crippen LogP contribution in [0.3, 0.4) is 0 Å². The molecular formula is C16H19F3N2. The van der Waals surface area contributed by atoms with Crippen LogP contribution in [0, 0.1) is 13.8 Å². The SMILES string of the molecule is Cc1cc(CNCc2ccccc2C(F)(F)F)c(C)n1C. The summed E-state index contributed by atoms with van der Waals surface area (Å²) in [7, 11) is 1.98. The van der Waals surface area contributed by atoms with Crippen LogP contribution in [0.2, 0.25) is 0 Å². The zero-order valence-electron chi connectivity index (χ0n) is 12.4. The van der Waals surface area contributed by atoms with Crippen LogP contribution >= 0.6 is 0 Å². The van der Waals surface area contributed by atoms with Crippen molar-refractivity contribution in [2.75, 3.05) is 0 Å². The molecule has 0 amide bonds. The Balaban J connectivity index is 2.06. The maximum Gasteiger partial charge on any atom is 0.416 e. The Morgan fingerprint density at radius 1 is 1.05 bits per heavy atom. The lowest BCUT2D eigenvalue weighted by Gasteiger charge is -2.13. The van der Waals surface area contributed by atoms with Crippen molar-refractivity contribution in [2.45, 2.75) is 33.1 Å². The van der Waals surface area contributed by atoms with Gasteiger partial charge in [-0.1, -0.05) is 18.2 Å². The third kappa shape index (κ3) is 3.47. The molecule has 21 heavy (non-hydrogen) atoms. The van der Waals surface area contributed by atoms with Crippen LogP contribution in [0.5, 0.6) is 0 Å². The largest absolute Gasteiger partial charge is 0.416 e. The molecule has 0 saturated heterocycles. The van der Waals surface area contributed by atoms with Gasteiger partial charge < -0.3 is 9.88 Å². The molecule has 0 saturated carbocycles. The average Bonchev–Trinajstić information content (AvgIpc) is 2.66. The van der Waals surface area contributed by atoms with Crippen molar-refractivity contribution in [3.63, 3.8) is 0 Å². The molecule has 1 aromatic carbocycles. The summed E-state index contributed by atoms with van der Waals surface area (Å²) < 4.78 is 40.7. The highest BCUT2D eigenvalue weighted by Crippen LogP contribution is 2.31. The quantitative estimate of drug-likeness (QED) is 0.904. The van der Waals surface area contributed by atoms with Gasteiger partial charge in [-0.2, -0.15) is 13.2 Å². The molecule has 0 spiro atoms. The number of alkyl halides is 3. The highest BCUT2D eigenvalue weighted by atomic mass is 19.4. The van der Waals surface area contributed by atoms with Crippen molar-refractivity contribution in [2.24, 2.45) is 7.05 Å². The lowest BCUT2D eigenvalue weighted by atomic mass is 10.1. The topological polar surface area (TPSA) is 17.0 Å². The molecule has 0 aliphatic heterocycles. The Morgan fingerprint density at radius 3 is 2.24 bits per heavy atom. The maximum absolute atomic E-state index is 12.9. The van der Waals surface area contributed by atoms with Crippen LogP contribution in [0.15, 0.2) is 30.3 Å². The lowest BCUT2D eigenvalue weighted by Crippen LogP contribution is -2.17. The first-order valence-corrected chi connectivity index (χ1v) is 6.78. The van der Waals surface area contributed by atoms with Crippen LogP contribution in [-0.4, -0.2) is 4.57 Å². The molecule has 2 nitrogen and oxygen atoms in total. The van der Waals surface area contributed by atoms with Gasteiger partial charge in [0.25, 0.3) is 0 Å². The highest BCUT2D eigenvalue weighted by Gasteiger charge is 2.32. The van der Waals surface area contributed by atoms with Crippen molar-refractivity contribution >= 4 is 0 Å². The van der Waals surface area contributed by atoms with Gasteiger partial charge in [0.05, 0.1) is 5.56 Å². The summed E-state index contributed by atoms with van der Waals surface area (Å²) in [4.78, 5) is 0. The van der Waals surface area contributed by atoms with Crippen molar-refractivity contribution in [3.8, 4) is 0 Å². The van der Waals surface area contributed by atoms with E-state index in [-0.39, 0.29) is 12.1 Å². The molecule has 0 aliphatic carbocycles. The molecule has 1 N–H and O–H groups in total. The van der Waals surface area contributed by atoms with Gasteiger partial charge in [-0.15, -0.1) is 0 Å². The number of aromatic nitrogens is 1. The van der Waals surface area contributed by atoms with Gasteiger partial charge in [0, 0.05) is 31.5 Å². The number of hydrogen-bond donors (Lipinski definition) is 1. The first kappa shape index (κ1) is 15.6. The fourth-order valence-electron chi connectivity index (χ4n) is 2.40. The minimum absolute atomic E-state index is 0.197. The molecule has 1 aromatic heterocycles. The fraction of sp³-hybridized carbons (Fsp3) is 0.375. The first-order chi connectivity index (χ1) is 9.80. The second-order valence-electron chi connectivity index (χ2n) is 5.21. The second-order valence-corrected chi connectivity index (χ2v) is 5.21. The minimum Gasteiger partial charge on any atom is -0.352 e. The molecule has 0 unspecified atom stereocenters. The summed E-state index contributed by atoms with van der Waals surface area (Å²) in [6.07, 6.45) is -4.31. The van der Waals surface area contributed by atoms with Crippen LogP contribution in [0.25, 0.3) is 0 Å². The second kappa shape index (κ2) is 5.93. The summed E-state index contributed by atoms with van der Waals surface area (Å²) in [5.41, 5.74) is 3.08. The Labute approximate surface area is 122 Å². The van der Waals surface area contributed by atoms with E-state index in [1.165, 1.54) is 12.1 Å². The lowest BCUT2D eigenvalue weighted by molar-refractivity contribution is -0.138. The van der Waals surface area contributed by atoms with Crippen LogP contribution in [0.4, 0.5) is 13.2 Å². The smallest absolute Gasteiger partial charge is 0.352 e. The Bertz CT molecular complexity index is 627. The van der Waals surface area contributed by atoms with Crippen molar-refractivity contribution in [1.82, 2.24) is 9.88 Å². The van der Waals surface area contributed by atoms with E-state index in [1.54, 1.807) is 6.07 Å². The number of rotatable bonds is 4. The zero-order chi connectivity index (χ0) is 15.6. The zero-order valence-corrected chi connectivity index (χ0v) is 12.4. The molecule has 1 heterocycles. The van der Waals surface area contributed by atoms with E-state index in [9.17, 15) is 13.2 Å². The van der Waals surface area contributed by atoms with Gasteiger partial charge in [-0.3, -0.25) is 0 Å². The maximum atomic E-state index is 12.9. The van der Waals surface area contributed by atoms with E-state index in [0.29, 0.717) is 6.54 Å². The molecule has 5 heteroatoms. The molecule has 0 aliphatic rings. The van der Waals surface area contributed by atoms with Crippen LogP contribution < -0.4 is 5.32 Å². The summed E-state index contributed by atoms with van der Waals surface area (Å²) >= 11 is 0. The van der Waals surface area contributed by atoms with Crippen molar-refractivity contribution in [1.29, 1.82) is 0 Å². The van der Waals surface area contributed by atoms with E-state index in [0.717, 1.165) is 23.0 Å². The Hall–Kier alpha value is -1.75. The number of nitrogens with one attached hydrogen (secondary N) is 1. The molecule has 2 aromatic rings. The third-order valence-electron chi connectivity index (χ3n) is 3.83. The van der Waals surface area contributed by atoms with E-state index in [2.05, 4.69) is 16.0 Å².